The lowest BCUT2D eigenvalue weighted by atomic mass is 10.1. The van der Waals surface area contributed by atoms with Gasteiger partial charge in [0, 0.05) is 38.7 Å². The van der Waals surface area contributed by atoms with E-state index in [0.29, 0.717) is 5.92 Å². The minimum absolute atomic E-state index is 0.682. The molecular formula is C11H22N2O. The molecule has 0 aromatic heterocycles. The number of nitrogens with zero attached hydrogens (tertiary/aromatic N) is 1. The monoisotopic (exact) mass is 198 g/mol. The molecule has 2 fully saturated rings. The van der Waals surface area contributed by atoms with Crippen molar-refractivity contribution in [3.63, 3.8) is 0 Å². The lowest BCUT2D eigenvalue weighted by Gasteiger charge is -2.19. The van der Waals surface area contributed by atoms with Crippen molar-refractivity contribution >= 4 is 0 Å². The number of hydrogen-bond acceptors (Lipinski definition) is 3. The van der Waals surface area contributed by atoms with Crippen LogP contribution in [0, 0.1) is 11.8 Å². The molecule has 0 bridgehead atoms. The minimum Gasteiger partial charge on any atom is -0.381 e. The van der Waals surface area contributed by atoms with Crippen LogP contribution in [-0.4, -0.2) is 51.3 Å². The number of ether oxygens (including phenoxy) is 1. The summed E-state index contributed by atoms with van der Waals surface area (Å²) in [6.45, 7) is 6.52. The van der Waals surface area contributed by atoms with Crippen LogP contribution in [0.3, 0.4) is 0 Å². The van der Waals surface area contributed by atoms with E-state index in [0.717, 1.165) is 32.2 Å². The largest absolute Gasteiger partial charge is 0.381 e. The molecule has 0 spiro atoms. The Bertz CT molecular complexity index is 171. The Morgan fingerprint density at radius 1 is 1.29 bits per heavy atom. The van der Waals surface area contributed by atoms with Crippen molar-refractivity contribution in [1.82, 2.24) is 10.2 Å². The first-order valence-corrected chi connectivity index (χ1v) is 5.81. The normalized spacial score (nSPS) is 30.2. The molecule has 1 unspecified atom stereocenters. The molecule has 2 rings (SSSR count). The maximum Gasteiger partial charge on any atom is 0.0518 e. The Labute approximate surface area is 86.8 Å². The summed E-state index contributed by atoms with van der Waals surface area (Å²) < 4.78 is 5.73. The van der Waals surface area contributed by atoms with Gasteiger partial charge in [-0.25, -0.2) is 0 Å². The molecule has 0 aromatic rings. The quantitative estimate of drug-likeness (QED) is 0.714. The van der Waals surface area contributed by atoms with Crippen molar-refractivity contribution < 1.29 is 4.74 Å². The van der Waals surface area contributed by atoms with E-state index in [2.05, 4.69) is 17.3 Å². The second-order valence-corrected chi connectivity index (χ2v) is 4.81. The Morgan fingerprint density at radius 3 is 2.86 bits per heavy atom. The van der Waals surface area contributed by atoms with Gasteiger partial charge in [-0.05, 0) is 25.8 Å². The van der Waals surface area contributed by atoms with E-state index in [9.17, 15) is 0 Å². The summed E-state index contributed by atoms with van der Waals surface area (Å²) in [5.41, 5.74) is 0. The highest BCUT2D eigenvalue weighted by molar-refractivity contribution is 4.74. The van der Waals surface area contributed by atoms with Gasteiger partial charge in [0.15, 0.2) is 0 Å². The van der Waals surface area contributed by atoms with Gasteiger partial charge < -0.3 is 15.0 Å². The molecule has 0 amide bonds. The third-order valence-corrected chi connectivity index (χ3v) is 3.08. The van der Waals surface area contributed by atoms with Crippen LogP contribution < -0.4 is 5.32 Å². The van der Waals surface area contributed by atoms with Crippen LogP contribution in [0.4, 0.5) is 0 Å². The second-order valence-electron chi connectivity index (χ2n) is 4.81. The predicted molar refractivity (Wildman–Crippen MR) is 57.4 cm³/mol. The van der Waals surface area contributed by atoms with Crippen molar-refractivity contribution in [2.75, 3.05) is 46.4 Å². The Kier molecular flexibility index (Phi) is 3.79. The van der Waals surface area contributed by atoms with Crippen LogP contribution in [0.5, 0.6) is 0 Å². The molecule has 14 heavy (non-hydrogen) atoms. The molecular weight excluding hydrogens is 176 g/mol. The molecule has 2 aliphatic rings. The van der Waals surface area contributed by atoms with Gasteiger partial charge >= 0.3 is 0 Å². The average molecular weight is 198 g/mol. The smallest absolute Gasteiger partial charge is 0.0518 e. The maximum absolute atomic E-state index is 5.73. The third kappa shape index (κ3) is 3.56. The zero-order valence-electron chi connectivity index (χ0n) is 9.17. The Morgan fingerprint density at radius 2 is 2.07 bits per heavy atom. The van der Waals surface area contributed by atoms with Crippen molar-refractivity contribution in [1.29, 1.82) is 0 Å². The zero-order chi connectivity index (χ0) is 9.80. The second kappa shape index (κ2) is 5.10. The van der Waals surface area contributed by atoms with Crippen LogP contribution in [0.25, 0.3) is 0 Å². The zero-order valence-corrected chi connectivity index (χ0v) is 9.17. The van der Waals surface area contributed by atoms with Crippen molar-refractivity contribution in [2.24, 2.45) is 11.8 Å². The highest BCUT2D eigenvalue weighted by Gasteiger charge is 2.22. The molecule has 0 radical (unpaired) electrons. The molecule has 1 saturated heterocycles. The fourth-order valence-corrected chi connectivity index (χ4v) is 1.97. The predicted octanol–water partition coefficient (Wildman–Crippen LogP) is 0.564. The van der Waals surface area contributed by atoms with E-state index in [4.69, 9.17) is 4.74 Å². The standard InChI is InChI=1S/C11H22N2O/c1-13-5-4-12-6-11(7-13)9-14-8-10-2-3-10/h10-12H,2-9H2,1H3. The Hall–Kier alpha value is -0.120. The number of likely N-dealkylation sites (N-methyl/N-ethyl adjacent to an activating group) is 1. The van der Waals surface area contributed by atoms with E-state index in [1.54, 1.807) is 0 Å². The molecule has 1 heterocycles. The van der Waals surface area contributed by atoms with Gasteiger partial charge in [0.05, 0.1) is 6.61 Å². The molecule has 0 aromatic carbocycles. The van der Waals surface area contributed by atoms with Crippen LogP contribution in [0.1, 0.15) is 12.8 Å². The first-order chi connectivity index (χ1) is 6.84. The lowest BCUT2D eigenvalue weighted by Crippen LogP contribution is -2.29. The maximum atomic E-state index is 5.73. The van der Waals surface area contributed by atoms with Crippen molar-refractivity contribution in [2.45, 2.75) is 12.8 Å². The fourth-order valence-electron chi connectivity index (χ4n) is 1.97. The summed E-state index contributed by atoms with van der Waals surface area (Å²) in [6, 6.07) is 0. The van der Waals surface area contributed by atoms with Gasteiger partial charge in [-0.15, -0.1) is 0 Å². The molecule has 3 nitrogen and oxygen atoms in total. The van der Waals surface area contributed by atoms with E-state index in [-0.39, 0.29) is 0 Å². The van der Waals surface area contributed by atoms with E-state index in [1.807, 2.05) is 0 Å². The first-order valence-electron chi connectivity index (χ1n) is 5.81. The van der Waals surface area contributed by atoms with Crippen molar-refractivity contribution in [3.8, 4) is 0 Å². The van der Waals surface area contributed by atoms with Gasteiger partial charge in [-0.2, -0.15) is 0 Å². The van der Waals surface area contributed by atoms with Gasteiger partial charge in [-0.3, -0.25) is 0 Å². The highest BCUT2D eigenvalue weighted by atomic mass is 16.5. The fraction of sp³-hybridized carbons (Fsp3) is 1.00. The summed E-state index contributed by atoms with van der Waals surface area (Å²) in [5, 5.41) is 3.46. The van der Waals surface area contributed by atoms with E-state index >= 15 is 0 Å². The SMILES string of the molecule is CN1CCNCC(COCC2CC2)C1. The number of hydrogen-bond donors (Lipinski definition) is 1. The Balaban J connectivity index is 1.61. The molecule has 1 atom stereocenters. The molecule has 1 N–H and O–H groups in total. The molecule has 1 aliphatic carbocycles. The van der Waals surface area contributed by atoms with E-state index in [1.165, 1.54) is 25.9 Å². The van der Waals surface area contributed by atoms with Crippen molar-refractivity contribution in [3.05, 3.63) is 0 Å². The van der Waals surface area contributed by atoms with Crippen LogP contribution in [-0.2, 0) is 4.74 Å². The molecule has 1 aliphatic heterocycles. The first kappa shape index (κ1) is 10.4. The van der Waals surface area contributed by atoms with Gasteiger partial charge in [0.25, 0.3) is 0 Å². The van der Waals surface area contributed by atoms with Crippen LogP contribution >= 0.6 is 0 Å². The van der Waals surface area contributed by atoms with Gasteiger partial charge in [-0.1, -0.05) is 0 Å². The summed E-state index contributed by atoms with van der Waals surface area (Å²) in [5.74, 6) is 1.58. The third-order valence-electron chi connectivity index (χ3n) is 3.08. The van der Waals surface area contributed by atoms with E-state index < -0.39 is 0 Å². The minimum atomic E-state index is 0.682. The topological polar surface area (TPSA) is 24.5 Å². The molecule has 1 saturated carbocycles. The number of rotatable bonds is 4. The summed E-state index contributed by atoms with van der Waals surface area (Å²) >= 11 is 0. The summed E-state index contributed by atoms with van der Waals surface area (Å²) in [6.07, 6.45) is 2.78. The highest BCUT2D eigenvalue weighted by Crippen LogP contribution is 2.28. The lowest BCUT2D eigenvalue weighted by molar-refractivity contribution is 0.0838. The average Bonchev–Trinajstić information content (AvgIpc) is 2.94. The molecule has 82 valence electrons. The number of nitrogens with one attached hydrogen (secondary N) is 1. The summed E-state index contributed by atoms with van der Waals surface area (Å²) in [4.78, 5) is 2.39. The summed E-state index contributed by atoms with van der Waals surface area (Å²) in [7, 11) is 2.20. The van der Waals surface area contributed by atoms with Gasteiger partial charge in [0.1, 0.15) is 0 Å². The molecule has 3 heteroatoms. The van der Waals surface area contributed by atoms with Crippen LogP contribution in [0.15, 0.2) is 0 Å². The van der Waals surface area contributed by atoms with Crippen LogP contribution in [0.2, 0.25) is 0 Å². The van der Waals surface area contributed by atoms with Gasteiger partial charge in [0.2, 0.25) is 0 Å².